The van der Waals surface area contributed by atoms with Gasteiger partial charge in [-0.3, -0.25) is 4.79 Å². The number of hydrogen-bond donors (Lipinski definition) is 2. The van der Waals surface area contributed by atoms with Crippen LogP contribution in [-0.4, -0.2) is 11.6 Å². The predicted molar refractivity (Wildman–Crippen MR) is 111 cm³/mol. The Morgan fingerprint density at radius 2 is 1.89 bits per heavy atom. The monoisotopic (exact) mass is 442 g/mol. The van der Waals surface area contributed by atoms with Gasteiger partial charge in [-0.2, -0.15) is 5.26 Å². The molecule has 1 spiro atoms. The first kappa shape index (κ1) is 18.2. The van der Waals surface area contributed by atoms with Crippen molar-refractivity contribution in [2.45, 2.75) is 37.5 Å². The second-order valence-electron chi connectivity index (χ2n) is 7.18. The zero-order valence-corrected chi connectivity index (χ0v) is 17.1. The minimum atomic E-state index is -0.488. The normalized spacial score (nSPS) is 20.6. The molecule has 1 fully saturated rings. The summed E-state index contributed by atoms with van der Waals surface area (Å²) >= 11 is 4.67. The van der Waals surface area contributed by atoms with Gasteiger partial charge in [0.2, 0.25) is 5.78 Å². The smallest absolute Gasteiger partial charge is 0.205 e. The van der Waals surface area contributed by atoms with E-state index in [1.165, 1.54) is 11.3 Å². The van der Waals surface area contributed by atoms with Crippen LogP contribution in [0.15, 0.2) is 33.7 Å². The minimum Gasteiger partial charge on any atom is -0.397 e. The molecule has 1 saturated carbocycles. The molecule has 2 aromatic rings. The number of halogens is 1. The molecule has 0 amide bonds. The van der Waals surface area contributed by atoms with Crippen LogP contribution < -0.4 is 11.5 Å². The molecular formula is C20H19BrN4OS. The van der Waals surface area contributed by atoms with Crippen LogP contribution in [0.5, 0.6) is 0 Å². The molecule has 0 unspecified atom stereocenters. The third kappa shape index (κ3) is 2.79. The van der Waals surface area contributed by atoms with Gasteiger partial charge >= 0.3 is 0 Å². The number of nitrogen functional groups attached to an aromatic ring is 1. The Labute approximate surface area is 170 Å². The lowest BCUT2D eigenvalue weighted by atomic mass is 9.61. The van der Waals surface area contributed by atoms with Gasteiger partial charge in [-0.15, -0.1) is 11.3 Å². The number of fused-ring (bicyclic) bond motifs is 2. The molecule has 0 radical (unpaired) electrons. The first-order chi connectivity index (χ1) is 13.0. The van der Waals surface area contributed by atoms with E-state index in [4.69, 9.17) is 11.5 Å². The molecule has 2 heterocycles. The van der Waals surface area contributed by atoms with E-state index < -0.39 is 11.3 Å². The molecule has 5 nitrogen and oxygen atoms in total. The van der Waals surface area contributed by atoms with Crippen molar-refractivity contribution in [3.8, 4) is 6.07 Å². The average molecular weight is 443 g/mol. The van der Waals surface area contributed by atoms with Crippen molar-refractivity contribution in [1.82, 2.24) is 0 Å². The van der Waals surface area contributed by atoms with E-state index in [0.717, 1.165) is 42.1 Å². The molecule has 138 valence electrons. The summed E-state index contributed by atoms with van der Waals surface area (Å²) in [4.78, 5) is 18.0. The summed E-state index contributed by atoms with van der Waals surface area (Å²) in [6.07, 6.45) is 4.88. The molecule has 7 heteroatoms. The van der Waals surface area contributed by atoms with Gasteiger partial charge in [0.15, 0.2) is 0 Å². The van der Waals surface area contributed by atoms with Crippen molar-refractivity contribution >= 4 is 49.6 Å². The molecule has 1 aliphatic carbocycles. The second kappa shape index (κ2) is 6.77. The summed E-state index contributed by atoms with van der Waals surface area (Å²) < 4.78 is 0.910. The van der Waals surface area contributed by atoms with E-state index in [9.17, 15) is 10.1 Å². The van der Waals surface area contributed by atoms with Crippen LogP contribution in [0.1, 0.15) is 52.9 Å². The lowest BCUT2D eigenvalue weighted by Gasteiger charge is -2.42. The number of anilines is 1. The predicted octanol–water partition coefficient (Wildman–Crippen LogP) is 4.67. The zero-order chi connectivity index (χ0) is 19.2. The molecule has 0 bridgehead atoms. The van der Waals surface area contributed by atoms with Crippen LogP contribution in [0.25, 0.3) is 0 Å². The highest BCUT2D eigenvalue weighted by Gasteiger charge is 2.50. The van der Waals surface area contributed by atoms with Crippen LogP contribution in [-0.2, 0) is 5.41 Å². The highest BCUT2D eigenvalue weighted by Crippen LogP contribution is 2.56. The van der Waals surface area contributed by atoms with Crippen LogP contribution >= 0.6 is 27.3 Å². The van der Waals surface area contributed by atoms with Gasteiger partial charge < -0.3 is 11.5 Å². The van der Waals surface area contributed by atoms with Crippen LogP contribution in [0.4, 0.5) is 10.7 Å². The number of rotatable bonds is 2. The number of ketones is 1. The zero-order valence-electron chi connectivity index (χ0n) is 14.7. The Kier molecular flexibility index (Phi) is 4.57. The fraction of sp³-hybridized carbons (Fsp3) is 0.350. The SMILES string of the molecule is N#C[C@H]1C(N)=Nc2sc(C(=O)c3ccc(Br)cc3)c(N)c2C12CCCCC2. The number of benzene rings is 1. The Bertz CT molecular complexity index is 981. The van der Waals surface area contributed by atoms with E-state index >= 15 is 0 Å². The van der Waals surface area contributed by atoms with E-state index in [0.29, 0.717) is 27.0 Å². The number of nitrogens with two attached hydrogens (primary N) is 2. The second-order valence-corrected chi connectivity index (χ2v) is 9.09. The quantitative estimate of drug-likeness (QED) is 0.658. The number of carbonyl (C=O) groups is 1. The summed E-state index contributed by atoms with van der Waals surface area (Å²) in [7, 11) is 0. The van der Waals surface area contributed by atoms with Crippen molar-refractivity contribution in [1.29, 1.82) is 5.26 Å². The van der Waals surface area contributed by atoms with Crippen molar-refractivity contribution in [3.63, 3.8) is 0 Å². The van der Waals surface area contributed by atoms with Crippen molar-refractivity contribution in [2.75, 3.05) is 5.73 Å². The molecule has 0 saturated heterocycles. The van der Waals surface area contributed by atoms with E-state index in [-0.39, 0.29) is 5.78 Å². The number of nitrogens with zero attached hydrogens (tertiary/aromatic N) is 2. The Balaban J connectivity index is 1.86. The van der Waals surface area contributed by atoms with Gasteiger partial charge in [0.1, 0.15) is 21.6 Å². The number of carbonyl (C=O) groups excluding carboxylic acids is 1. The molecule has 2 aliphatic rings. The number of amidine groups is 1. The molecule has 1 aromatic carbocycles. The van der Waals surface area contributed by atoms with Crippen molar-refractivity contribution < 1.29 is 4.79 Å². The first-order valence-electron chi connectivity index (χ1n) is 8.94. The summed E-state index contributed by atoms with van der Waals surface area (Å²) in [5.74, 6) is -0.263. The largest absolute Gasteiger partial charge is 0.397 e. The van der Waals surface area contributed by atoms with Gasteiger partial charge in [0, 0.05) is 21.0 Å². The van der Waals surface area contributed by atoms with Gasteiger partial charge in [-0.1, -0.05) is 35.2 Å². The Hall–Kier alpha value is -2.17. The highest BCUT2D eigenvalue weighted by molar-refractivity contribution is 9.10. The van der Waals surface area contributed by atoms with E-state index in [1.54, 1.807) is 12.1 Å². The topological polar surface area (TPSA) is 105 Å². The van der Waals surface area contributed by atoms with Gasteiger partial charge in [0.05, 0.1) is 11.8 Å². The van der Waals surface area contributed by atoms with Crippen LogP contribution in [0.2, 0.25) is 0 Å². The molecule has 4 rings (SSSR count). The van der Waals surface area contributed by atoms with Gasteiger partial charge in [0.25, 0.3) is 0 Å². The van der Waals surface area contributed by atoms with Gasteiger partial charge in [-0.25, -0.2) is 4.99 Å². The summed E-state index contributed by atoms with van der Waals surface area (Å²) in [6.45, 7) is 0. The lowest BCUT2D eigenvalue weighted by Crippen LogP contribution is -2.45. The standard InChI is InChI=1S/C20H19BrN4OS/c21-12-6-4-11(5-7-12)16(26)17-15(23)14-19(27-17)25-18(24)13(10-22)20(14)8-2-1-3-9-20/h4-7,13H,1-3,8-9,23H2,(H2,24,25)/t13-/m0/s1. The third-order valence-electron chi connectivity index (χ3n) is 5.69. The molecule has 4 N–H and O–H groups in total. The maximum absolute atomic E-state index is 13.1. The highest BCUT2D eigenvalue weighted by atomic mass is 79.9. The number of hydrogen-bond acceptors (Lipinski definition) is 6. The average Bonchev–Trinajstić information content (AvgIpc) is 2.99. The molecule has 1 atom stereocenters. The Morgan fingerprint density at radius 1 is 1.22 bits per heavy atom. The fourth-order valence-corrected chi connectivity index (χ4v) is 5.86. The maximum Gasteiger partial charge on any atom is 0.205 e. The lowest BCUT2D eigenvalue weighted by molar-refractivity contribution is 0.104. The van der Waals surface area contributed by atoms with E-state index in [1.807, 2.05) is 12.1 Å². The molecule has 27 heavy (non-hydrogen) atoms. The number of thiophene rings is 1. The third-order valence-corrected chi connectivity index (χ3v) is 7.32. The summed E-state index contributed by atoms with van der Waals surface area (Å²) in [6, 6.07) is 9.58. The number of aliphatic imine (C=N–C) groups is 1. The number of nitriles is 1. The molecule has 1 aliphatic heterocycles. The minimum absolute atomic E-state index is 0.118. The summed E-state index contributed by atoms with van der Waals surface area (Å²) in [5.41, 5.74) is 14.2. The molecule has 1 aromatic heterocycles. The van der Waals surface area contributed by atoms with Crippen LogP contribution in [0.3, 0.4) is 0 Å². The molecular weight excluding hydrogens is 424 g/mol. The van der Waals surface area contributed by atoms with Crippen molar-refractivity contribution in [3.05, 3.63) is 44.7 Å². The fourth-order valence-electron chi connectivity index (χ4n) is 4.41. The Morgan fingerprint density at radius 3 is 2.52 bits per heavy atom. The maximum atomic E-state index is 13.1. The first-order valence-corrected chi connectivity index (χ1v) is 10.6. The van der Waals surface area contributed by atoms with E-state index in [2.05, 4.69) is 27.0 Å². The van der Waals surface area contributed by atoms with Crippen LogP contribution in [0, 0.1) is 17.2 Å². The summed E-state index contributed by atoms with van der Waals surface area (Å²) in [5, 5.41) is 10.5. The van der Waals surface area contributed by atoms with Crippen molar-refractivity contribution in [2.24, 2.45) is 16.6 Å². The van der Waals surface area contributed by atoms with Gasteiger partial charge in [-0.05, 0) is 37.1 Å².